The third kappa shape index (κ3) is 3.13. The van der Waals surface area contributed by atoms with Crippen LogP contribution in [0.15, 0.2) is 48.8 Å². The van der Waals surface area contributed by atoms with E-state index in [1.807, 2.05) is 55.4 Å². The average molecular weight is 306 g/mol. The number of nitrogens with one attached hydrogen (secondary N) is 1. The molecule has 0 fully saturated rings. The van der Waals surface area contributed by atoms with Gasteiger partial charge in [0.05, 0.1) is 5.52 Å². The second kappa shape index (κ2) is 6.04. The van der Waals surface area contributed by atoms with Crippen LogP contribution in [-0.4, -0.2) is 30.0 Å². The molecule has 2 aromatic carbocycles. The second-order valence-corrected chi connectivity index (χ2v) is 5.58. The fraction of sp³-hybridized carbons (Fsp3) is 0.167. The third-order valence-corrected chi connectivity index (χ3v) is 3.58. The molecule has 1 N–H and O–H groups in total. The molecular weight excluding hydrogens is 288 g/mol. The highest BCUT2D eigenvalue weighted by atomic mass is 16.1. The Bertz CT molecular complexity index is 857. The number of benzene rings is 2. The van der Waals surface area contributed by atoms with Crippen molar-refractivity contribution in [2.24, 2.45) is 0 Å². The first kappa shape index (κ1) is 15.0. The predicted molar refractivity (Wildman–Crippen MR) is 93.6 cm³/mol. The molecule has 23 heavy (non-hydrogen) atoms. The van der Waals surface area contributed by atoms with Gasteiger partial charge in [-0.05, 0) is 35.4 Å². The Morgan fingerprint density at radius 3 is 2.35 bits per heavy atom. The molecule has 0 bridgehead atoms. The van der Waals surface area contributed by atoms with Crippen LogP contribution in [-0.2, 0) is 4.79 Å². The fourth-order valence-electron chi connectivity index (χ4n) is 2.53. The molecule has 116 valence electrons. The van der Waals surface area contributed by atoms with Crippen molar-refractivity contribution in [3.63, 3.8) is 0 Å². The fourth-order valence-corrected chi connectivity index (χ4v) is 2.53. The van der Waals surface area contributed by atoms with Crippen LogP contribution in [0.5, 0.6) is 0 Å². The quantitative estimate of drug-likeness (QED) is 0.806. The molecule has 0 aliphatic rings. The van der Waals surface area contributed by atoms with Gasteiger partial charge in [0.25, 0.3) is 0 Å². The van der Waals surface area contributed by atoms with E-state index in [2.05, 4.69) is 21.4 Å². The maximum absolute atomic E-state index is 11.1. The lowest BCUT2D eigenvalue weighted by molar-refractivity contribution is -0.114. The molecule has 5 nitrogen and oxygen atoms in total. The number of hydrogen-bond donors (Lipinski definition) is 1. The lowest BCUT2D eigenvalue weighted by atomic mass is 10.0. The van der Waals surface area contributed by atoms with Gasteiger partial charge < -0.3 is 10.2 Å². The smallest absolute Gasteiger partial charge is 0.221 e. The van der Waals surface area contributed by atoms with Crippen LogP contribution in [0.3, 0.4) is 0 Å². The Morgan fingerprint density at radius 2 is 1.70 bits per heavy atom. The molecule has 0 atom stereocenters. The molecular formula is C18H18N4O. The van der Waals surface area contributed by atoms with E-state index in [1.165, 1.54) is 6.92 Å². The lowest BCUT2D eigenvalue weighted by Crippen LogP contribution is -2.11. The number of carbonyl (C=O) groups excluding carboxylic acids is 1. The van der Waals surface area contributed by atoms with Crippen LogP contribution >= 0.6 is 0 Å². The van der Waals surface area contributed by atoms with Gasteiger partial charge in [0.15, 0.2) is 0 Å². The summed E-state index contributed by atoms with van der Waals surface area (Å²) in [5.74, 6) is 0.822. The Labute approximate surface area is 135 Å². The summed E-state index contributed by atoms with van der Waals surface area (Å²) >= 11 is 0. The first-order valence-corrected chi connectivity index (χ1v) is 7.35. The summed E-state index contributed by atoms with van der Waals surface area (Å²) in [5, 5.41) is 3.79. The van der Waals surface area contributed by atoms with E-state index >= 15 is 0 Å². The first-order chi connectivity index (χ1) is 11.0. The molecule has 5 heteroatoms. The largest absolute Gasteiger partial charge is 0.362 e. The molecule has 1 aromatic heterocycles. The number of amides is 1. The summed E-state index contributed by atoms with van der Waals surface area (Å²) in [6.45, 7) is 1.50. The van der Waals surface area contributed by atoms with Crippen LogP contribution < -0.4 is 10.2 Å². The van der Waals surface area contributed by atoms with Gasteiger partial charge in [-0.1, -0.05) is 18.2 Å². The molecule has 0 aliphatic carbocycles. The zero-order chi connectivity index (χ0) is 16.4. The topological polar surface area (TPSA) is 58.1 Å². The predicted octanol–water partition coefficient (Wildman–Crippen LogP) is 3.32. The maximum atomic E-state index is 11.1. The normalized spacial score (nSPS) is 10.6. The van der Waals surface area contributed by atoms with Gasteiger partial charge in [0.2, 0.25) is 5.91 Å². The molecule has 0 aliphatic heterocycles. The van der Waals surface area contributed by atoms with Crippen molar-refractivity contribution in [2.45, 2.75) is 6.92 Å². The van der Waals surface area contributed by atoms with Crippen LogP contribution in [0.1, 0.15) is 6.92 Å². The number of hydrogen-bond acceptors (Lipinski definition) is 4. The highest BCUT2D eigenvalue weighted by Crippen LogP contribution is 2.28. The maximum Gasteiger partial charge on any atom is 0.221 e. The van der Waals surface area contributed by atoms with Crippen molar-refractivity contribution in [3.05, 3.63) is 48.8 Å². The summed E-state index contributed by atoms with van der Waals surface area (Å²) in [6, 6.07) is 13.9. The third-order valence-electron chi connectivity index (χ3n) is 3.58. The first-order valence-electron chi connectivity index (χ1n) is 7.35. The lowest BCUT2D eigenvalue weighted by Gasteiger charge is -2.14. The molecule has 1 heterocycles. The minimum absolute atomic E-state index is 0.0729. The standard InChI is InChI=1S/C18H18N4O/c1-12(23)21-15-7-4-13(5-8-15)14-6-9-17-16(10-14)18(22(2)3)20-11-19-17/h4-11H,1-3H3,(H,21,23). The SMILES string of the molecule is CC(=O)Nc1ccc(-c2ccc3ncnc(N(C)C)c3c2)cc1. The number of carbonyl (C=O) groups is 1. The van der Waals surface area contributed by atoms with Gasteiger partial charge in [0, 0.05) is 32.1 Å². The summed E-state index contributed by atoms with van der Waals surface area (Å²) in [4.78, 5) is 21.7. The number of aromatic nitrogens is 2. The Morgan fingerprint density at radius 1 is 1.00 bits per heavy atom. The van der Waals surface area contributed by atoms with Gasteiger partial charge in [-0.25, -0.2) is 9.97 Å². The highest BCUT2D eigenvalue weighted by molar-refractivity contribution is 5.93. The molecule has 0 radical (unpaired) electrons. The number of fused-ring (bicyclic) bond motifs is 1. The second-order valence-electron chi connectivity index (χ2n) is 5.58. The highest BCUT2D eigenvalue weighted by Gasteiger charge is 2.07. The van der Waals surface area contributed by atoms with Crippen LogP contribution in [0.4, 0.5) is 11.5 Å². The van der Waals surface area contributed by atoms with Crippen molar-refractivity contribution < 1.29 is 4.79 Å². The van der Waals surface area contributed by atoms with Crippen molar-refractivity contribution >= 4 is 28.3 Å². The van der Waals surface area contributed by atoms with Crippen LogP contribution in [0, 0.1) is 0 Å². The summed E-state index contributed by atoms with van der Waals surface area (Å²) < 4.78 is 0. The molecule has 3 aromatic rings. The minimum Gasteiger partial charge on any atom is -0.362 e. The van der Waals surface area contributed by atoms with Crippen molar-refractivity contribution in [1.29, 1.82) is 0 Å². The van der Waals surface area contributed by atoms with E-state index in [0.29, 0.717) is 0 Å². The van der Waals surface area contributed by atoms with E-state index < -0.39 is 0 Å². The molecule has 0 unspecified atom stereocenters. The number of rotatable bonds is 3. The van der Waals surface area contributed by atoms with Gasteiger partial charge in [-0.15, -0.1) is 0 Å². The monoisotopic (exact) mass is 306 g/mol. The Kier molecular flexibility index (Phi) is 3.93. The summed E-state index contributed by atoms with van der Waals surface area (Å²) in [6.07, 6.45) is 1.58. The molecule has 1 amide bonds. The number of nitrogens with zero attached hydrogens (tertiary/aromatic N) is 3. The van der Waals surface area contributed by atoms with Crippen LogP contribution in [0.25, 0.3) is 22.0 Å². The van der Waals surface area contributed by atoms with E-state index in [4.69, 9.17) is 0 Å². The number of anilines is 2. The van der Waals surface area contributed by atoms with Crippen molar-refractivity contribution in [1.82, 2.24) is 9.97 Å². The summed E-state index contributed by atoms with van der Waals surface area (Å²) in [5.41, 5.74) is 3.88. The summed E-state index contributed by atoms with van der Waals surface area (Å²) in [7, 11) is 3.94. The average Bonchev–Trinajstić information content (AvgIpc) is 2.54. The van der Waals surface area contributed by atoms with E-state index in [9.17, 15) is 4.79 Å². The van der Waals surface area contributed by atoms with Gasteiger partial charge >= 0.3 is 0 Å². The van der Waals surface area contributed by atoms with E-state index in [-0.39, 0.29) is 5.91 Å². The minimum atomic E-state index is -0.0729. The van der Waals surface area contributed by atoms with Gasteiger partial charge in [-0.2, -0.15) is 0 Å². The van der Waals surface area contributed by atoms with Crippen LogP contribution in [0.2, 0.25) is 0 Å². The zero-order valence-electron chi connectivity index (χ0n) is 13.4. The molecule has 3 rings (SSSR count). The molecule has 0 spiro atoms. The van der Waals surface area contributed by atoms with Crippen molar-refractivity contribution in [2.75, 3.05) is 24.3 Å². The van der Waals surface area contributed by atoms with Gasteiger partial charge in [0.1, 0.15) is 12.1 Å². The molecule has 0 saturated heterocycles. The van der Waals surface area contributed by atoms with E-state index in [0.717, 1.165) is 33.5 Å². The molecule has 0 saturated carbocycles. The zero-order valence-corrected chi connectivity index (χ0v) is 13.4. The Balaban J connectivity index is 2.03. The van der Waals surface area contributed by atoms with Crippen molar-refractivity contribution in [3.8, 4) is 11.1 Å². The Hall–Kier alpha value is -2.95. The van der Waals surface area contributed by atoms with Gasteiger partial charge in [-0.3, -0.25) is 4.79 Å². The van der Waals surface area contributed by atoms with E-state index in [1.54, 1.807) is 6.33 Å².